The minimum atomic E-state index is -0.700. The van der Waals surface area contributed by atoms with Gasteiger partial charge in [-0.25, -0.2) is 0 Å². The van der Waals surface area contributed by atoms with Crippen molar-refractivity contribution in [1.29, 1.82) is 0 Å². The Hall–Kier alpha value is -1.87. The van der Waals surface area contributed by atoms with Gasteiger partial charge in [0, 0.05) is 11.1 Å². The molecule has 0 bridgehead atoms. The molecule has 0 heterocycles. The molecule has 4 N–H and O–H groups in total. The second kappa shape index (κ2) is 3.71. The second-order valence-electron chi connectivity index (χ2n) is 3.42. The van der Waals surface area contributed by atoms with Crippen molar-refractivity contribution in [2.24, 2.45) is 5.73 Å². The van der Waals surface area contributed by atoms with Crippen LogP contribution in [-0.4, -0.2) is 6.29 Å². The predicted octanol–water partition coefficient (Wildman–Crippen LogP) is 1.53. The fourth-order valence-electron chi connectivity index (χ4n) is 1.58. The maximum atomic E-state index is 10.4. The standard InChI is InChI=1S/C12H11N2O/c13-11-3-1-2-8-4-5-9(6-10(8)11)12(14)7-15/h1-6,12H,13-14H2. The van der Waals surface area contributed by atoms with Gasteiger partial charge >= 0.3 is 0 Å². The molecule has 0 amide bonds. The highest BCUT2D eigenvalue weighted by Gasteiger charge is 2.06. The van der Waals surface area contributed by atoms with Gasteiger partial charge in [0.05, 0.1) is 6.04 Å². The summed E-state index contributed by atoms with van der Waals surface area (Å²) in [5.41, 5.74) is 12.8. The maximum Gasteiger partial charge on any atom is 0.221 e. The lowest BCUT2D eigenvalue weighted by molar-refractivity contribution is 0.544. The van der Waals surface area contributed by atoms with Crippen molar-refractivity contribution in [2.75, 3.05) is 5.73 Å². The molecule has 15 heavy (non-hydrogen) atoms. The molecule has 1 radical (unpaired) electrons. The molecule has 2 rings (SSSR count). The van der Waals surface area contributed by atoms with Crippen molar-refractivity contribution in [3.63, 3.8) is 0 Å². The molecule has 2 aromatic rings. The highest BCUT2D eigenvalue weighted by molar-refractivity contribution is 5.93. The summed E-state index contributed by atoms with van der Waals surface area (Å²) in [6.07, 6.45) is 1.75. The van der Waals surface area contributed by atoms with Crippen LogP contribution in [0.15, 0.2) is 36.4 Å². The summed E-state index contributed by atoms with van der Waals surface area (Å²) in [5, 5.41) is 1.96. The molecule has 0 saturated carbocycles. The lowest BCUT2D eigenvalue weighted by Gasteiger charge is -2.07. The Morgan fingerprint density at radius 1 is 1.20 bits per heavy atom. The van der Waals surface area contributed by atoms with Crippen LogP contribution in [0.2, 0.25) is 0 Å². The quantitative estimate of drug-likeness (QED) is 0.720. The first kappa shape index (κ1) is 9.68. The topological polar surface area (TPSA) is 69.1 Å². The van der Waals surface area contributed by atoms with Crippen LogP contribution in [-0.2, 0) is 4.79 Å². The average Bonchev–Trinajstić information content (AvgIpc) is 2.28. The minimum absolute atomic E-state index is 0.687. The normalized spacial score (nSPS) is 12.6. The van der Waals surface area contributed by atoms with E-state index in [9.17, 15) is 4.79 Å². The Balaban J connectivity index is 2.64. The molecule has 0 aromatic heterocycles. The van der Waals surface area contributed by atoms with E-state index in [2.05, 4.69) is 0 Å². The molecule has 3 heteroatoms. The van der Waals surface area contributed by atoms with E-state index in [1.807, 2.05) is 36.4 Å². The van der Waals surface area contributed by atoms with Gasteiger partial charge in [-0.05, 0) is 23.1 Å². The largest absolute Gasteiger partial charge is 0.398 e. The molecular formula is C12H11N2O. The van der Waals surface area contributed by atoms with Crippen LogP contribution in [0.1, 0.15) is 11.6 Å². The lowest BCUT2D eigenvalue weighted by atomic mass is 10.0. The van der Waals surface area contributed by atoms with Crippen molar-refractivity contribution in [1.82, 2.24) is 0 Å². The lowest BCUT2D eigenvalue weighted by Crippen LogP contribution is -2.10. The van der Waals surface area contributed by atoms with Crippen molar-refractivity contribution >= 4 is 22.7 Å². The Bertz CT molecular complexity index is 508. The number of rotatable bonds is 2. The highest BCUT2D eigenvalue weighted by atomic mass is 16.1. The third kappa shape index (κ3) is 1.69. The summed E-state index contributed by atoms with van der Waals surface area (Å²) in [6, 6.07) is 10.5. The number of benzene rings is 2. The zero-order chi connectivity index (χ0) is 10.8. The van der Waals surface area contributed by atoms with Gasteiger partial charge in [0.25, 0.3) is 0 Å². The van der Waals surface area contributed by atoms with Crippen LogP contribution in [0.25, 0.3) is 10.8 Å². The maximum absolute atomic E-state index is 10.4. The number of hydrogen-bond donors (Lipinski definition) is 2. The molecule has 1 atom stereocenters. The summed E-state index contributed by atoms with van der Waals surface area (Å²) in [4.78, 5) is 10.4. The van der Waals surface area contributed by atoms with Gasteiger partial charge in [-0.3, -0.25) is 4.79 Å². The average molecular weight is 199 g/mol. The summed E-state index contributed by atoms with van der Waals surface area (Å²) in [7, 11) is 0. The van der Waals surface area contributed by atoms with Crippen molar-refractivity contribution in [3.8, 4) is 0 Å². The Kier molecular flexibility index (Phi) is 2.39. The van der Waals surface area contributed by atoms with Crippen LogP contribution in [0.5, 0.6) is 0 Å². The van der Waals surface area contributed by atoms with E-state index in [-0.39, 0.29) is 0 Å². The minimum Gasteiger partial charge on any atom is -0.398 e. The molecular weight excluding hydrogens is 188 g/mol. The molecule has 75 valence electrons. The number of carbonyl (C=O) groups excluding carboxylic acids is 1. The SMILES string of the molecule is Nc1cccc2ccc(C(N)[C]=O)cc12. The summed E-state index contributed by atoms with van der Waals surface area (Å²) >= 11 is 0. The van der Waals surface area contributed by atoms with Gasteiger partial charge in [-0.2, -0.15) is 0 Å². The van der Waals surface area contributed by atoms with Gasteiger partial charge < -0.3 is 11.5 Å². The van der Waals surface area contributed by atoms with Gasteiger partial charge in [0.15, 0.2) is 0 Å². The summed E-state index contributed by atoms with van der Waals surface area (Å²) < 4.78 is 0. The molecule has 0 spiro atoms. The Morgan fingerprint density at radius 3 is 2.73 bits per heavy atom. The molecule has 2 aromatic carbocycles. The zero-order valence-electron chi connectivity index (χ0n) is 8.10. The van der Waals surface area contributed by atoms with E-state index in [1.165, 1.54) is 0 Å². The van der Waals surface area contributed by atoms with E-state index >= 15 is 0 Å². The fraction of sp³-hybridized carbons (Fsp3) is 0.0833. The van der Waals surface area contributed by atoms with Gasteiger partial charge in [-0.15, -0.1) is 0 Å². The van der Waals surface area contributed by atoms with E-state index in [0.29, 0.717) is 5.69 Å². The van der Waals surface area contributed by atoms with Crippen LogP contribution in [0.4, 0.5) is 5.69 Å². The van der Waals surface area contributed by atoms with Crippen molar-refractivity contribution < 1.29 is 4.79 Å². The van der Waals surface area contributed by atoms with Crippen LogP contribution >= 0.6 is 0 Å². The van der Waals surface area contributed by atoms with E-state index in [4.69, 9.17) is 11.5 Å². The van der Waals surface area contributed by atoms with E-state index in [1.54, 1.807) is 6.29 Å². The molecule has 0 aliphatic carbocycles. The number of hydrogen-bond acceptors (Lipinski definition) is 3. The highest BCUT2D eigenvalue weighted by Crippen LogP contribution is 2.23. The van der Waals surface area contributed by atoms with Crippen molar-refractivity contribution in [3.05, 3.63) is 42.0 Å². The first-order valence-corrected chi connectivity index (χ1v) is 4.64. The summed E-state index contributed by atoms with van der Waals surface area (Å²) in [6.45, 7) is 0. The number of nitrogens with two attached hydrogens (primary N) is 2. The molecule has 0 aliphatic heterocycles. The third-order valence-corrected chi connectivity index (χ3v) is 2.43. The van der Waals surface area contributed by atoms with Crippen LogP contribution < -0.4 is 11.5 Å². The van der Waals surface area contributed by atoms with Crippen molar-refractivity contribution in [2.45, 2.75) is 6.04 Å². The molecule has 0 fully saturated rings. The molecule has 0 saturated heterocycles. The third-order valence-electron chi connectivity index (χ3n) is 2.43. The van der Waals surface area contributed by atoms with E-state index in [0.717, 1.165) is 16.3 Å². The molecule has 1 unspecified atom stereocenters. The van der Waals surface area contributed by atoms with Gasteiger partial charge in [0.1, 0.15) is 0 Å². The van der Waals surface area contributed by atoms with Gasteiger partial charge in [0.2, 0.25) is 6.29 Å². The fourth-order valence-corrected chi connectivity index (χ4v) is 1.58. The van der Waals surface area contributed by atoms with Crippen LogP contribution in [0.3, 0.4) is 0 Å². The second-order valence-corrected chi connectivity index (χ2v) is 3.42. The number of anilines is 1. The first-order valence-electron chi connectivity index (χ1n) is 4.64. The van der Waals surface area contributed by atoms with Crippen LogP contribution in [0, 0.1) is 0 Å². The van der Waals surface area contributed by atoms with E-state index < -0.39 is 6.04 Å². The molecule has 0 aliphatic rings. The number of nitrogen functional groups attached to an aromatic ring is 1. The zero-order valence-corrected chi connectivity index (χ0v) is 8.10. The smallest absolute Gasteiger partial charge is 0.221 e. The Labute approximate surface area is 87.7 Å². The van der Waals surface area contributed by atoms with Gasteiger partial charge in [-0.1, -0.05) is 24.3 Å². The Morgan fingerprint density at radius 2 is 2.00 bits per heavy atom. The monoisotopic (exact) mass is 199 g/mol. The number of fused-ring (bicyclic) bond motifs is 1. The molecule has 3 nitrogen and oxygen atoms in total. The summed E-state index contributed by atoms with van der Waals surface area (Å²) in [5.74, 6) is 0. The first-order chi connectivity index (χ1) is 7.22. The predicted molar refractivity (Wildman–Crippen MR) is 61.0 cm³/mol.